The maximum Gasteiger partial charge on any atom is 0.419 e. The van der Waals surface area contributed by atoms with E-state index in [1.165, 1.54) is 4.57 Å². The summed E-state index contributed by atoms with van der Waals surface area (Å²) < 4.78 is 6.45. The molecule has 4 aromatic rings. The molecule has 0 spiro atoms. The minimum atomic E-state index is -1.09. The molecule has 13 heteroatoms. The normalized spacial score (nSPS) is 11.0. The van der Waals surface area contributed by atoms with Gasteiger partial charge in [-0.05, 0) is 17.7 Å². The number of hydrogen-bond acceptors (Lipinski definition) is 8. The van der Waals surface area contributed by atoms with Gasteiger partial charge in [-0.3, -0.25) is 24.0 Å². The van der Waals surface area contributed by atoms with E-state index in [1.54, 1.807) is 25.2 Å². The number of anilines is 1. The molecule has 13 nitrogen and oxygen atoms in total. The molecule has 0 saturated heterocycles. The molecule has 2 amide bonds. The Bertz CT molecular complexity index is 1420. The molecule has 3 aromatic heterocycles. The van der Waals surface area contributed by atoms with Crippen molar-refractivity contribution in [3.63, 3.8) is 0 Å². The monoisotopic (exact) mass is 439 g/mol. The Balaban J connectivity index is 1.49. The highest BCUT2D eigenvalue weighted by Gasteiger charge is 2.19. The SMILES string of the molecule is Cn1c(=O)oc2ccc(CNC(=O)c3ncnc4c(NC(=O)CCC(=O)O)n[nH]c34)cc21. The molecule has 4 rings (SSSR count). The molecule has 0 saturated carbocycles. The molecule has 0 atom stereocenters. The van der Waals surface area contributed by atoms with Crippen molar-refractivity contribution in [1.82, 2.24) is 30.0 Å². The smallest absolute Gasteiger partial charge is 0.419 e. The van der Waals surface area contributed by atoms with Gasteiger partial charge in [-0.25, -0.2) is 14.8 Å². The van der Waals surface area contributed by atoms with Gasteiger partial charge in [0, 0.05) is 20.0 Å². The number of aliphatic carboxylic acids is 1. The number of hydrogen-bond donors (Lipinski definition) is 4. The summed E-state index contributed by atoms with van der Waals surface area (Å²) in [6, 6.07) is 5.11. The lowest BCUT2D eigenvalue weighted by molar-refractivity contribution is -0.138. The molecule has 32 heavy (non-hydrogen) atoms. The summed E-state index contributed by atoms with van der Waals surface area (Å²) in [7, 11) is 1.59. The lowest BCUT2D eigenvalue weighted by Gasteiger charge is -2.06. The number of rotatable bonds is 7. The van der Waals surface area contributed by atoms with E-state index in [-0.39, 0.29) is 41.9 Å². The number of carboxylic acid groups (broad SMARTS) is 1. The van der Waals surface area contributed by atoms with Gasteiger partial charge >= 0.3 is 11.7 Å². The Morgan fingerprint density at radius 2 is 2.03 bits per heavy atom. The highest BCUT2D eigenvalue weighted by atomic mass is 16.4. The number of nitrogens with zero attached hydrogens (tertiary/aromatic N) is 4. The van der Waals surface area contributed by atoms with Gasteiger partial charge in [-0.15, -0.1) is 0 Å². The van der Waals surface area contributed by atoms with E-state index in [0.717, 1.165) is 11.9 Å². The zero-order chi connectivity index (χ0) is 22.8. The maximum absolute atomic E-state index is 12.7. The minimum Gasteiger partial charge on any atom is -0.481 e. The summed E-state index contributed by atoms with van der Waals surface area (Å²) in [6.07, 6.45) is 0.608. The second kappa shape index (κ2) is 8.29. The van der Waals surface area contributed by atoms with Gasteiger partial charge in [0.25, 0.3) is 5.91 Å². The first-order valence-electron chi connectivity index (χ1n) is 9.41. The van der Waals surface area contributed by atoms with Gasteiger partial charge in [0.2, 0.25) is 5.91 Å². The number of benzene rings is 1. The first-order chi connectivity index (χ1) is 15.3. The van der Waals surface area contributed by atoms with E-state index in [1.807, 2.05) is 0 Å². The van der Waals surface area contributed by atoms with Gasteiger partial charge in [-0.2, -0.15) is 5.10 Å². The van der Waals surface area contributed by atoms with Gasteiger partial charge in [0.05, 0.1) is 11.9 Å². The third-order valence-electron chi connectivity index (χ3n) is 4.70. The molecule has 3 heterocycles. The number of carbonyl (C=O) groups is 3. The molecule has 0 aliphatic rings. The highest BCUT2D eigenvalue weighted by Crippen LogP contribution is 2.20. The van der Waals surface area contributed by atoms with Crippen molar-refractivity contribution in [2.45, 2.75) is 19.4 Å². The van der Waals surface area contributed by atoms with Crippen LogP contribution in [0, 0.1) is 0 Å². The standard InChI is InChI=1S/C19H17N7O6/c1-26-10-6-9(2-3-11(10)32-19(26)31)7-20-18(30)16-14-15(21-8-22-16)17(25-24-14)23-12(27)4-5-13(28)29/h2-3,6,8H,4-5,7H2,1H3,(H,20,30)(H,28,29)(H2,23,24,25,27). The number of H-pyrrole nitrogens is 1. The van der Waals surface area contributed by atoms with Crippen molar-refractivity contribution < 1.29 is 23.9 Å². The number of oxazole rings is 1. The Morgan fingerprint density at radius 1 is 1.22 bits per heavy atom. The fraction of sp³-hybridized carbons (Fsp3) is 0.211. The summed E-state index contributed by atoms with van der Waals surface area (Å²) >= 11 is 0. The molecule has 0 unspecified atom stereocenters. The second-order valence-corrected chi connectivity index (χ2v) is 6.87. The average Bonchev–Trinajstić information content (AvgIpc) is 3.31. The van der Waals surface area contributed by atoms with Crippen LogP contribution in [0.15, 0.2) is 33.7 Å². The van der Waals surface area contributed by atoms with E-state index in [4.69, 9.17) is 9.52 Å². The number of carboxylic acids is 1. The van der Waals surface area contributed by atoms with E-state index in [2.05, 4.69) is 30.8 Å². The van der Waals surface area contributed by atoms with E-state index in [0.29, 0.717) is 11.1 Å². The van der Waals surface area contributed by atoms with Crippen LogP contribution >= 0.6 is 0 Å². The molecule has 164 valence electrons. The Hall–Kier alpha value is -4.55. The van der Waals surface area contributed by atoms with Crippen molar-refractivity contribution in [3.8, 4) is 0 Å². The van der Waals surface area contributed by atoms with Crippen LogP contribution in [0.2, 0.25) is 0 Å². The number of carbonyl (C=O) groups excluding carboxylic acids is 2. The number of aromatic nitrogens is 5. The largest absolute Gasteiger partial charge is 0.481 e. The number of fused-ring (bicyclic) bond motifs is 2. The Kier molecular flexibility index (Phi) is 5.37. The fourth-order valence-electron chi connectivity index (χ4n) is 3.06. The number of aryl methyl sites for hydroxylation is 1. The van der Waals surface area contributed by atoms with E-state index in [9.17, 15) is 19.2 Å². The van der Waals surface area contributed by atoms with Crippen molar-refractivity contribution in [2.24, 2.45) is 7.05 Å². The Labute approximate surface area is 178 Å². The number of nitrogens with one attached hydrogen (secondary N) is 3. The number of aromatic amines is 1. The molecule has 0 bridgehead atoms. The summed E-state index contributed by atoms with van der Waals surface area (Å²) in [5.74, 6) is -2.56. The first-order valence-corrected chi connectivity index (χ1v) is 9.41. The fourth-order valence-corrected chi connectivity index (χ4v) is 3.06. The van der Waals surface area contributed by atoms with Gasteiger partial charge in [0.1, 0.15) is 17.4 Å². The molecule has 0 aliphatic carbocycles. The van der Waals surface area contributed by atoms with Crippen molar-refractivity contribution >= 4 is 45.7 Å². The van der Waals surface area contributed by atoms with Crippen LogP contribution < -0.4 is 16.4 Å². The maximum atomic E-state index is 12.7. The predicted molar refractivity (Wildman–Crippen MR) is 110 cm³/mol. The third kappa shape index (κ3) is 4.03. The quantitative estimate of drug-likeness (QED) is 0.319. The molecular weight excluding hydrogens is 422 g/mol. The van der Waals surface area contributed by atoms with Crippen LogP contribution in [0.3, 0.4) is 0 Å². The van der Waals surface area contributed by atoms with E-state index >= 15 is 0 Å². The minimum absolute atomic E-state index is 0.0188. The summed E-state index contributed by atoms with van der Waals surface area (Å²) in [5.41, 5.74) is 2.23. The van der Waals surface area contributed by atoms with Crippen LogP contribution in [-0.4, -0.2) is 47.6 Å². The predicted octanol–water partition coefficient (Wildman–Crippen LogP) is 0.531. The van der Waals surface area contributed by atoms with E-state index < -0.39 is 23.5 Å². The molecule has 4 N–H and O–H groups in total. The molecule has 1 aromatic carbocycles. The zero-order valence-electron chi connectivity index (χ0n) is 16.7. The average molecular weight is 439 g/mol. The molecular formula is C19H17N7O6. The van der Waals surface area contributed by atoms with Crippen LogP contribution in [0.5, 0.6) is 0 Å². The number of amides is 2. The van der Waals surface area contributed by atoms with Crippen molar-refractivity contribution in [1.29, 1.82) is 0 Å². The summed E-state index contributed by atoms with van der Waals surface area (Å²) in [5, 5.41) is 20.4. The lowest BCUT2D eigenvalue weighted by Crippen LogP contribution is -2.24. The molecule has 0 fully saturated rings. The Morgan fingerprint density at radius 3 is 2.81 bits per heavy atom. The van der Waals surface area contributed by atoms with Crippen LogP contribution in [0.1, 0.15) is 28.9 Å². The van der Waals surface area contributed by atoms with Gasteiger partial charge < -0.3 is 20.2 Å². The molecule has 0 aliphatic heterocycles. The first kappa shape index (κ1) is 20.7. The summed E-state index contributed by atoms with van der Waals surface area (Å²) in [6.45, 7) is 0.159. The van der Waals surface area contributed by atoms with Gasteiger partial charge in [-0.1, -0.05) is 6.07 Å². The lowest BCUT2D eigenvalue weighted by atomic mass is 10.2. The van der Waals surface area contributed by atoms with Crippen molar-refractivity contribution in [2.75, 3.05) is 5.32 Å². The van der Waals surface area contributed by atoms with Gasteiger partial charge in [0.15, 0.2) is 17.1 Å². The third-order valence-corrected chi connectivity index (χ3v) is 4.70. The second-order valence-electron chi connectivity index (χ2n) is 6.87. The van der Waals surface area contributed by atoms with Crippen molar-refractivity contribution in [3.05, 3.63) is 46.3 Å². The topological polar surface area (TPSA) is 185 Å². The molecule has 0 radical (unpaired) electrons. The summed E-state index contributed by atoms with van der Waals surface area (Å²) in [4.78, 5) is 54.8. The van der Waals surface area contributed by atoms with Crippen LogP contribution in [-0.2, 0) is 23.2 Å². The van der Waals surface area contributed by atoms with Crippen LogP contribution in [0.4, 0.5) is 5.82 Å². The highest BCUT2D eigenvalue weighted by molar-refractivity contribution is 6.06. The zero-order valence-corrected chi connectivity index (χ0v) is 16.7. The van der Waals surface area contributed by atoms with Crippen LogP contribution in [0.25, 0.3) is 22.1 Å².